The molecule has 0 saturated carbocycles. The number of anilines is 1. The predicted octanol–water partition coefficient (Wildman–Crippen LogP) is 2.64. The van der Waals surface area contributed by atoms with Gasteiger partial charge in [-0.1, -0.05) is 12.1 Å². The van der Waals surface area contributed by atoms with Crippen molar-refractivity contribution >= 4 is 36.6 Å². The molecule has 0 aliphatic heterocycles. The Morgan fingerprint density at radius 3 is 2.47 bits per heavy atom. The molecule has 200 valence electrons. The molecular formula is C24H27N6O7P. The quantitative estimate of drug-likeness (QED) is 0.219. The minimum atomic E-state index is -4.66. The Balaban J connectivity index is 1.71. The van der Waals surface area contributed by atoms with E-state index < -0.39 is 19.6 Å². The number of aryl methyl sites for hydroxylation is 4. The second-order valence-corrected chi connectivity index (χ2v) is 9.58. The van der Waals surface area contributed by atoms with E-state index in [1.165, 1.54) is 31.4 Å². The lowest BCUT2D eigenvalue weighted by molar-refractivity contribution is 0.0995. The summed E-state index contributed by atoms with van der Waals surface area (Å²) in [6.07, 6.45) is 0.456. The Bertz CT molecular complexity index is 1550. The van der Waals surface area contributed by atoms with Gasteiger partial charge in [-0.05, 0) is 56.2 Å². The average Bonchev–Trinajstić information content (AvgIpc) is 3.41. The topological polar surface area (TPSA) is 184 Å². The summed E-state index contributed by atoms with van der Waals surface area (Å²) in [5.74, 6) is -0.439. The number of aromatic nitrogens is 4. The lowest BCUT2D eigenvalue weighted by Gasteiger charge is -2.13. The number of phosphoric acid groups is 1. The third-order valence-electron chi connectivity index (χ3n) is 5.74. The smallest absolute Gasteiger partial charge is 0.494 e. The zero-order chi connectivity index (χ0) is 27.6. The molecule has 0 aliphatic carbocycles. The van der Waals surface area contributed by atoms with Gasteiger partial charge in [-0.3, -0.25) is 29.4 Å². The monoisotopic (exact) mass is 542 g/mol. The van der Waals surface area contributed by atoms with Crippen molar-refractivity contribution in [1.29, 1.82) is 0 Å². The highest BCUT2D eigenvalue weighted by atomic mass is 31.2. The highest BCUT2D eigenvalue weighted by molar-refractivity contribution is 7.46. The van der Waals surface area contributed by atoms with Crippen molar-refractivity contribution < 1.29 is 33.2 Å². The normalized spacial score (nSPS) is 11.5. The Labute approximate surface area is 217 Å². The molecule has 4 aromatic rings. The molecule has 2 aromatic heterocycles. The van der Waals surface area contributed by atoms with E-state index in [1.54, 1.807) is 34.4 Å². The third kappa shape index (κ3) is 5.86. The minimum Gasteiger partial charge on any atom is -0.494 e. The molecule has 14 heteroatoms. The van der Waals surface area contributed by atoms with Crippen molar-refractivity contribution in [2.45, 2.75) is 33.4 Å². The van der Waals surface area contributed by atoms with Crippen molar-refractivity contribution in [3.8, 4) is 11.5 Å². The fraction of sp³-hybridized carbons (Fsp3) is 0.250. The zero-order valence-electron chi connectivity index (χ0n) is 20.9. The van der Waals surface area contributed by atoms with Crippen LogP contribution in [0.3, 0.4) is 0 Å². The van der Waals surface area contributed by atoms with Crippen LogP contribution in [0.25, 0.3) is 11.0 Å². The van der Waals surface area contributed by atoms with Crippen LogP contribution in [-0.4, -0.2) is 48.0 Å². The summed E-state index contributed by atoms with van der Waals surface area (Å²) >= 11 is 0. The zero-order valence-corrected chi connectivity index (χ0v) is 21.8. The van der Waals surface area contributed by atoms with Crippen molar-refractivity contribution in [3.63, 3.8) is 0 Å². The van der Waals surface area contributed by atoms with Crippen molar-refractivity contribution in [2.75, 3.05) is 12.4 Å². The Morgan fingerprint density at radius 2 is 1.87 bits per heavy atom. The molecule has 13 nitrogen and oxygen atoms in total. The van der Waals surface area contributed by atoms with Gasteiger partial charge in [0, 0.05) is 18.7 Å². The van der Waals surface area contributed by atoms with Crippen LogP contribution in [0.2, 0.25) is 0 Å². The maximum absolute atomic E-state index is 13.2. The number of carbonyl (C=O) groups is 2. The van der Waals surface area contributed by atoms with Gasteiger partial charge in [0.25, 0.3) is 5.91 Å². The summed E-state index contributed by atoms with van der Waals surface area (Å²) < 4.78 is 24.5. The first-order valence-corrected chi connectivity index (χ1v) is 13.1. The number of carbonyl (C=O) groups excluding carboxylic acids is 2. The summed E-state index contributed by atoms with van der Waals surface area (Å²) in [6.45, 7) is 4.52. The summed E-state index contributed by atoms with van der Waals surface area (Å²) in [5.41, 5.74) is 8.54. The number of nitrogens with one attached hydrogen (secondary N) is 1. The molecule has 38 heavy (non-hydrogen) atoms. The molecule has 4 rings (SSSR count). The fourth-order valence-electron chi connectivity index (χ4n) is 4.07. The highest BCUT2D eigenvalue weighted by Crippen LogP contribution is 2.37. The van der Waals surface area contributed by atoms with E-state index in [4.69, 9.17) is 20.3 Å². The molecule has 0 fully saturated rings. The Morgan fingerprint density at radius 1 is 1.16 bits per heavy atom. The number of hydrogen-bond donors (Lipinski definition) is 4. The van der Waals surface area contributed by atoms with Crippen LogP contribution in [0.4, 0.5) is 5.95 Å². The fourth-order valence-corrected chi connectivity index (χ4v) is 4.47. The summed E-state index contributed by atoms with van der Waals surface area (Å²) in [5, 5.41) is 7.17. The number of nitrogens with two attached hydrogens (primary N) is 1. The summed E-state index contributed by atoms with van der Waals surface area (Å²) in [6, 6.07) is 11.0. The van der Waals surface area contributed by atoms with E-state index in [1.807, 2.05) is 6.92 Å². The van der Waals surface area contributed by atoms with E-state index in [0.717, 1.165) is 5.56 Å². The third-order valence-corrected chi connectivity index (χ3v) is 6.19. The summed E-state index contributed by atoms with van der Waals surface area (Å²) in [4.78, 5) is 47.6. The minimum absolute atomic E-state index is 0.0339. The van der Waals surface area contributed by atoms with Crippen LogP contribution < -0.4 is 20.3 Å². The first-order valence-electron chi connectivity index (χ1n) is 11.6. The molecule has 5 N–H and O–H groups in total. The number of primary amides is 1. The number of imidazole rings is 1. The molecule has 0 spiro atoms. The second kappa shape index (κ2) is 10.7. The van der Waals surface area contributed by atoms with Crippen molar-refractivity contribution in [1.82, 2.24) is 19.3 Å². The molecule has 0 radical (unpaired) electrons. The number of hydrogen-bond acceptors (Lipinski definition) is 7. The number of phosphoric ester groups is 1. The number of nitrogens with zero attached hydrogens (tertiary/aromatic N) is 4. The van der Waals surface area contributed by atoms with Crippen LogP contribution in [0.1, 0.15) is 39.0 Å². The van der Waals surface area contributed by atoms with Gasteiger partial charge in [0.1, 0.15) is 22.7 Å². The van der Waals surface area contributed by atoms with Gasteiger partial charge in [-0.15, -0.1) is 0 Å². The Hall–Kier alpha value is -4.19. The van der Waals surface area contributed by atoms with Crippen LogP contribution in [0.15, 0.2) is 42.5 Å². The van der Waals surface area contributed by atoms with Crippen LogP contribution >= 0.6 is 7.82 Å². The molecule has 2 heterocycles. The first-order chi connectivity index (χ1) is 18.0. The standard InChI is InChI=1S/C24H27N6O7P/c1-4-30-19(11-14(2)28-30)23(32)27-24-26-18-12-16(22(25)31)13-20(36-3)21(18)29(24)10-9-15-5-7-17(8-6-15)37-38(33,34)35/h5-8,11-13H,4,9-10H2,1-3H3,(H2,25,31)(H,26,27,32)(H2,33,34,35). The van der Waals surface area contributed by atoms with Gasteiger partial charge in [0.05, 0.1) is 18.3 Å². The second-order valence-electron chi connectivity index (χ2n) is 8.41. The number of fused-ring (bicyclic) bond motifs is 1. The van der Waals surface area contributed by atoms with E-state index in [9.17, 15) is 14.2 Å². The Kier molecular flexibility index (Phi) is 7.53. The molecule has 2 aromatic carbocycles. The number of benzene rings is 2. The van der Waals surface area contributed by atoms with Gasteiger partial charge in [0.15, 0.2) is 0 Å². The van der Waals surface area contributed by atoms with E-state index in [-0.39, 0.29) is 17.3 Å². The maximum Gasteiger partial charge on any atom is 0.524 e. The highest BCUT2D eigenvalue weighted by Gasteiger charge is 2.22. The van der Waals surface area contributed by atoms with E-state index >= 15 is 0 Å². The van der Waals surface area contributed by atoms with Gasteiger partial charge >= 0.3 is 7.82 Å². The summed E-state index contributed by atoms with van der Waals surface area (Å²) in [7, 11) is -3.21. The van der Waals surface area contributed by atoms with E-state index in [2.05, 4.69) is 19.9 Å². The lowest BCUT2D eigenvalue weighted by atomic mass is 10.1. The molecule has 0 atom stereocenters. The number of ether oxygens (including phenoxy) is 1. The molecule has 2 amide bonds. The number of amides is 2. The average molecular weight is 542 g/mol. The van der Waals surface area contributed by atoms with Crippen molar-refractivity contribution in [2.24, 2.45) is 5.73 Å². The molecule has 0 unspecified atom stereocenters. The largest absolute Gasteiger partial charge is 0.524 e. The van der Waals surface area contributed by atoms with Gasteiger partial charge in [0.2, 0.25) is 11.9 Å². The van der Waals surface area contributed by atoms with Crippen LogP contribution in [0.5, 0.6) is 11.5 Å². The SMILES string of the molecule is CCn1nc(C)cc1C(=O)Nc1nc2cc(C(N)=O)cc(OC)c2n1CCc1ccc(OP(=O)(O)O)cc1. The van der Waals surface area contributed by atoms with Crippen LogP contribution in [-0.2, 0) is 24.1 Å². The first kappa shape index (κ1) is 26.9. The molecule has 0 saturated heterocycles. The number of methoxy groups -OCH3 is 1. The predicted molar refractivity (Wildman–Crippen MR) is 138 cm³/mol. The van der Waals surface area contributed by atoms with Crippen LogP contribution in [0, 0.1) is 6.92 Å². The lowest BCUT2D eigenvalue weighted by Crippen LogP contribution is -2.20. The van der Waals surface area contributed by atoms with Gasteiger partial charge in [-0.2, -0.15) is 5.10 Å². The van der Waals surface area contributed by atoms with Gasteiger partial charge < -0.3 is 19.6 Å². The van der Waals surface area contributed by atoms with E-state index in [0.29, 0.717) is 47.7 Å². The molecule has 0 aliphatic rings. The van der Waals surface area contributed by atoms with Gasteiger partial charge in [-0.25, -0.2) is 9.55 Å². The van der Waals surface area contributed by atoms with Crippen molar-refractivity contribution in [3.05, 3.63) is 65.0 Å². The maximum atomic E-state index is 13.2. The molecule has 0 bridgehead atoms. The number of rotatable bonds is 10. The molecular weight excluding hydrogens is 515 g/mol.